The molecule has 0 aliphatic rings. The maximum atomic E-state index is 13.3. The number of thioether (sulfide) groups is 1. The summed E-state index contributed by atoms with van der Waals surface area (Å²) >= 11 is 1.29. The first-order chi connectivity index (χ1) is 12.6. The second kappa shape index (κ2) is 8.09. The predicted octanol–water partition coefficient (Wildman–Crippen LogP) is 3.54. The largest absolute Gasteiger partial charge is 0.325 e. The number of nitrogens with zero attached hydrogens (tertiary/aromatic N) is 4. The molecule has 2 aromatic heterocycles. The van der Waals surface area contributed by atoms with Gasteiger partial charge in [-0.2, -0.15) is 0 Å². The third-order valence-electron chi connectivity index (χ3n) is 3.76. The lowest BCUT2D eigenvalue weighted by Gasteiger charge is -2.09. The van der Waals surface area contributed by atoms with Crippen LogP contribution in [0.3, 0.4) is 0 Å². The number of hydrogen-bond donors (Lipinski definition) is 1. The zero-order valence-electron chi connectivity index (χ0n) is 14.4. The Morgan fingerprint density at radius 2 is 2.15 bits per heavy atom. The van der Waals surface area contributed by atoms with E-state index in [0.29, 0.717) is 23.2 Å². The average Bonchev–Trinajstić information content (AvgIpc) is 3.06. The van der Waals surface area contributed by atoms with Crippen molar-refractivity contribution in [3.8, 4) is 11.4 Å². The van der Waals surface area contributed by atoms with Gasteiger partial charge in [0.1, 0.15) is 5.82 Å². The predicted molar refractivity (Wildman–Crippen MR) is 99.4 cm³/mol. The van der Waals surface area contributed by atoms with Gasteiger partial charge in [0, 0.05) is 30.2 Å². The van der Waals surface area contributed by atoms with Crippen molar-refractivity contribution >= 4 is 23.4 Å². The number of carbonyl (C=O) groups excluding carboxylic acids is 1. The van der Waals surface area contributed by atoms with Crippen molar-refractivity contribution < 1.29 is 9.18 Å². The summed E-state index contributed by atoms with van der Waals surface area (Å²) in [5.41, 5.74) is 2.15. The number of pyridine rings is 1. The van der Waals surface area contributed by atoms with Crippen LogP contribution in [0.15, 0.2) is 47.9 Å². The van der Waals surface area contributed by atoms with Crippen molar-refractivity contribution in [1.29, 1.82) is 0 Å². The quantitative estimate of drug-likeness (QED) is 0.671. The van der Waals surface area contributed by atoms with E-state index < -0.39 is 0 Å². The average molecular weight is 371 g/mol. The van der Waals surface area contributed by atoms with E-state index in [1.165, 1.54) is 23.9 Å². The highest BCUT2D eigenvalue weighted by atomic mass is 32.2. The summed E-state index contributed by atoms with van der Waals surface area (Å²) in [5.74, 6) is 0.258. The fourth-order valence-electron chi connectivity index (χ4n) is 2.43. The number of amides is 1. The van der Waals surface area contributed by atoms with Crippen LogP contribution in [0.25, 0.3) is 11.4 Å². The molecule has 8 heteroatoms. The van der Waals surface area contributed by atoms with Gasteiger partial charge in [0.15, 0.2) is 11.0 Å². The second-order valence-corrected chi connectivity index (χ2v) is 6.53. The summed E-state index contributed by atoms with van der Waals surface area (Å²) in [7, 11) is 0. The van der Waals surface area contributed by atoms with Gasteiger partial charge >= 0.3 is 0 Å². The van der Waals surface area contributed by atoms with Gasteiger partial charge < -0.3 is 9.88 Å². The van der Waals surface area contributed by atoms with Gasteiger partial charge in [-0.25, -0.2) is 4.39 Å². The molecule has 0 aliphatic heterocycles. The first-order valence-electron chi connectivity index (χ1n) is 8.11. The molecule has 0 fully saturated rings. The zero-order valence-corrected chi connectivity index (χ0v) is 15.3. The normalized spacial score (nSPS) is 10.7. The zero-order chi connectivity index (χ0) is 18.5. The lowest BCUT2D eigenvalue weighted by atomic mass is 10.2. The standard InChI is InChI=1S/C18H18FN5OS/c1-3-24-17(13-5-4-8-20-10-13)22-23-18(24)26-11-16(25)21-15-9-14(19)7-6-12(15)2/h4-10H,3,11H2,1-2H3,(H,21,25). The number of anilines is 1. The molecular weight excluding hydrogens is 353 g/mol. The molecular formula is C18H18FN5OS. The number of halogens is 1. The van der Waals surface area contributed by atoms with Crippen LogP contribution in [0.1, 0.15) is 12.5 Å². The van der Waals surface area contributed by atoms with E-state index in [0.717, 1.165) is 11.1 Å². The molecule has 0 saturated heterocycles. The van der Waals surface area contributed by atoms with Crippen molar-refractivity contribution in [3.05, 3.63) is 54.1 Å². The van der Waals surface area contributed by atoms with Crippen molar-refractivity contribution in [1.82, 2.24) is 19.7 Å². The minimum atomic E-state index is -0.384. The Balaban J connectivity index is 1.69. The van der Waals surface area contributed by atoms with E-state index in [-0.39, 0.29) is 17.5 Å². The Morgan fingerprint density at radius 1 is 1.31 bits per heavy atom. The smallest absolute Gasteiger partial charge is 0.234 e. The summed E-state index contributed by atoms with van der Waals surface area (Å²) < 4.78 is 15.3. The van der Waals surface area contributed by atoms with E-state index in [2.05, 4.69) is 20.5 Å². The van der Waals surface area contributed by atoms with E-state index in [9.17, 15) is 9.18 Å². The van der Waals surface area contributed by atoms with Gasteiger partial charge in [-0.05, 0) is 43.7 Å². The number of carbonyl (C=O) groups is 1. The van der Waals surface area contributed by atoms with Gasteiger partial charge in [0.2, 0.25) is 5.91 Å². The molecule has 0 unspecified atom stereocenters. The van der Waals surface area contributed by atoms with Crippen LogP contribution in [-0.4, -0.2) is 31.4 Å². The molecule has 1 amide bonds. The van der Waals surface area contributed by atoms with Crippen LogP contribution in [0.2, 0.25) is 0 Å². The van der Waals surface area contributed by atoms with E-state index in [4.69, 9.17) is 0 Å². The maximum absolute atomic E-state index is 13.3. The molecule has 1 N–H and O–H groups in total. The molecule has 0 saturated carbocycles. The topological polar surface area (TPSA) is 72.7 Å². The van der Waals surface area contributed by atoms with Gasteiger partial charge in [0.05, 0.1) is 5.75 Å². The summed E-state index contributed by atoms with van der Waals surface area (Å²) in [6.45, 7) is 4.48. The van der Waals surface area contributed by atoms with Crippen molar-refractivity contribution in [2.75, 3.05) is 11.1 Å². The van der Waals surface area contributed by atoms with Crippen molar-refractivity contribution in [2.24, 2.45) is 0 Å². The Kier molecular flexibility index (Phi) is 5.62. The third kappa shape index (κ3) is 4.08. The highest BCUT2D eigenvalue weighted by Crippen LogP contribution is 2.24. The summed E-state index contributed by atoms with van der Waals surface area (Å²) in [5, 5.41) is 11.8. The molecule has 0 atom stereocenters. The van der Waals surface area contributed by atoms with Gasteiger partial charge in [-0.15, -0.1) is 10.2 Å². The van der Waals surface area contributed by atoms with E-state index in [1.807, 2.05) is 30.5 Å². The van der Waals surface area contributed by atoms with Crippen molar-refractivity contribution in [2.45, 2.75) is 25.5 Å². The molecule has 0 spiro atoms. The number of aromatic nitrogens is 4. The van der Waals surface area contributed by atoms with Crippen LogP contribution in [0.4, 0.5) is 10.1 Å². The second-order valence-electron chi connectivity index (χ2n) is 5.59. The molecule has 0 radical (unpaired) electrons. The molecule has 0 bridgehead atoms. The number of aryl methyl sites for hydroxylation is 1. The van der Waals surface area contributed by atoms with Crippen LogP contribution < -0.4 is 5.32 Å². The summed E-state index contributed by atoms with van der Waals surface area (Å²) in [6.07, 6.45) is 3.43. The van der Waals surface area contributed by atoms with E-state index >= 15 is 0 Å². The Labute approximate surface area is 154 Å². The first kappa shape index (κ1) is 18.1. The first-order valence-corrected chi connectivity index (χ1v) is 9.09. The van der Waals surface area contributed by atoms with Gasteiger partial charge in [-0.1, -0.05) is 17.8 Å². The van der Waals surface area contributed by atoms with Crippen LogP contribution in [-0.2, 0) is 11.3 Å². The molecule has 3 aromatic rings. The third-order valence-corrected chi connectivity index (χ3v) is 4.73. The molecule has 26 heavy (non-hydrogen) atoms. The minimum absolute atomic E-state index is 0.154. The molecule has 1 aromatic carbocycles. The molecule has 0 aliphatic carbocycles. The van der Waals surface area contributed by atoms with Gasteiger partial charge in [-0.3, -0.25) is 9.78 Å². The molecule has 3 rings (SSSR count). The number of rotatable bonds is 6. The highest BCUT2D eigenvalue weighted by Gasteiger charge is 2.15. The number of benzene rings is 1. The van der Waals surface area contributed by atoms with Crippen LogP contribution in [0, 0.1) is 12.7 Å². The SMILES string of the molecule is CCn1c(SCC(=O)Nc2cc(F)ccc2C)nnc1-c1cccnc1. The summed E-state index contributed by atoms with van der Waals surface area (Å²) in [6, 6.07) is 8.06. The monoisotopic (exact) mass is 371 g/mol. The number of nitrogens with one attached hydrogen (secondary N) is 1. The molecule has 6 nitrogen and oxygen atoms in total. The fraction of sp³-hybridized carbons (Fsp3) is 0.222. The molecule has 134 valence electrons. The van der Waals surface area contributed by atoms with Crippen LogP contribution >= 0.6 is 11.8 Å². The molecule has 2 heterocycles. The van der Waals surface area contributed by atoms with Crippen molar-refractivity contribution in [3.63, 3.8) is 0 Å². The highest BCUT2D eigenvalue weighted by molar-refractivity contribution is 7.99. The minimum Gasteiger partial charge on any atom is -0.325 e. The maximum Gasteiger partial charge on any atom is 0.234 e. The number of hydrogen-bond acceptors (Lipinski definition) is 5. The van der Waals surface area contributed by atoms with Gasteiger partial charge in [0.25, 0.3) is 0 Å². The van der Waals surface area contributed by atoms with E-state index in [1.54, 1.807) is 18.5 Å². The Hall–Kier alpha value is -2.74. The fourth-order valence-corrected chi connectivity index (χ4v) is 3.24. The Morgan fingerprint density at radius 3 is 2.88 bits per heavy atom. The lowest BCUT2D eigenvalue weighted by molar-refractivity contribution is -0.113. The summed E-state index contributed by atoms with van der Waals surface area (Å²) in [4.78, 5) is 16.3. The Bertz CT molecular complexity index is 913. The van der Waals surface area contributed by atoms with Crippen LogP contribution in [0.5, 0.6) is 0 Å². The lowest BCUT2D eigenvalue weighted by Crippen LogP contribution is -2.15.